The van der Waals surface area contributed by atoms with Crippen molar-refractivity contribution >= 4 is 5.91 Å². The van der Waals surface area contributed by atoms with Crippen LogP contribution in [0.3, 0.4) is 0 Å². The van der Waals surface area contributed by atoms with E-state index in [1.165, 1.54) is 6.07 Å². The number of pyridine rings is 2. The fraction of sp³-hybridized carbons (Fsp3) is 0.280. The number of aryl methyl sites for hydroxylation is 1. The summed E-state index contributed by atoms with van der Waals surface area (Å²) in [5.74, 6) is -0.319. The zero-order valence-electron chi connectivity index (χ0n) is 17.4. The molecule has 0 spiro atoms. The van der Waals surface area contributed by atoms with Gasteiger partial charge in [-0.3, -0.25) is 14.8 Å². The summed E-state index contributed by atoms with van der Waals surface area (Å²) >= 11 is 0. The molecule has 156 valence electrons. The molecule has 0 unspecified atom stereocenters. The van der Waals surface area contributed by atoms with E-state index in [0.29, 0.717) is 49.2 Å². The molecule has 1 saturated heterocycles. The second kappa shape index (κ2) is 8.65. The summed E-state index contributed by atoms with van der Waals surface area (Å²) in [5.41, 5.74) is 3.00. The van der Waals surface area contributed by atoms with Crippen LogP contribution in [0.2, 0.25) is 0 Å². The van der Waals surface area contributed by atoms with Crippen molar-refractivity contribution in [2.75, 3.05) is 13.1 Å². The standard InChI is InChI=1S/C25H23FN4O/c1-18-15-19(4-5-22(18)26)16-25(17-27)8-13-30(14-9-25)24(31)21-3-2-10-29-23(21)20-6-11-28-12-7-20/h2-7,10-12,15H,8-9,13-14,16H2,1H3. The Labute approximate surface area is 181 Å². The Kier molecular flexibility index (Phi) is 5.77. The topological polar surface area (TPSA) is 69.9 Å². The molecule has 1 aliphatic rings. The zero-order chi connectivity index (χ0) is 21.8. The van der Waals surface area contributed by atoms with Crippen molar-refractivity contribution < 1.29 is 9.18 Å². The molecule has 31 heavy (non-hydrogen) atoms. The molecule has 5 nitrogen and oxygen atoms in total. The third-order valence-corrected chi connectivity index (χ3v) is 6.00. The van der Waals surface area contributed by atoms with Crippen LogP contribution in [0.4, 0.5) is 4.39 Å². The minimum atomic E-state index is -0.552. The van der Waals surface area contributed by atoms with E-state index in [1.807, 2.05) is 18.2 Å². The van der Waals surface area contributed by atoms with Gasteiger partial charge in [0.05, 0.1) is 22.7 Å². The van der Waals surface area contributed by atoms with Crippen molar-refractivity contribution in [3.8, 4) is 17.3 Å². The first kappa shape index (κ1) is 20.7. The number of aromatic nitrogens is 2. The quantitative estimate of drug-likeness (QED) is 0.627. The molecule has 1 fully saturated rings. The number of carbonyl (C=O) groups excluding carboxylic acids is 1. The highest BCUT2D eigenvalue weighted by Crippen LogP contribution is 2.36. The lowest BCUT2D eigenvalue weighted by atomic mass is 9.75. The molecule has 1 amide bonds. The molecule has 0 bridgehead atoms. The predicted octanol–water partition coefficient (Wildman–Crippen LogP) is 4.58. The van der Waals surface area contributed by atoms with Crippen LogP contribution < -0.4 is 0 Å². The van der Waals surface area contributed by atoms with Gasteiger partial charge in [-0.25, -0.2) is 4.39 Å². The average molecular weight is 414 g/mol. The van der Waals surface area contributed by atoms with E-state index in [-0.39, 0.29) is 11.7 Å². The molecular weight excluding hydrogens is 391 g/mol. The first-order valence-electron chi connectivity index (χ1n) is 10.3. The van der Waals surface area contributed by atoms with E-state index in [4.69, 9.17) is 0 Å². The molecule has 1 aliphatic heterocycles. The lowest BCUT2D eigenvalue weighted by Crippen LogP contribution is -2.43. The first-order chi connectivity index (χ1) is 15.0. The molecule has 0 radical (unpaired) electrons. The van der Waals surface area contributed by atoms with E-state index in [0.717, 1.165) is 11.1 Å². The molecule has 2 aromatic heterocycles. The number of hydrogen-bond donors (Lipinski definition) is 0. The SMILES string of the molecule is Cc1cc(CC2(C#N)CCN(C(=O)c3cccnc3-c3ccncc3)CC2)ccc1F. The van der Waals surface area contributed by atoms with Crippen molar-refractivity contribution in [1.82, 2.24) is 14.9 Å². The summed E-state index contributed by atoms with van der Waals surface area (Å²) < 4.78 is 13.6. The minimum Gasteiger partial charge on any atom is -0.338 e. The van der Waals surface area contributed by atoms with Crippen LogP contribution in [0.25, 0.3) is 11.3 Å². The highest BCUT2D eigenvalue weighted by molar-refractivity contribution is 5.99. The van der Waals surface area contributed by atoms with Gasteiger partial charge < -0.3 is 4.90 Å². The molecule has 0 aliphatic carbocycles. The highest BCUT2D eigenvalue weighted by Gasteiger charge is 2.37. The molecule has 4 rings (SSSR count). The Morgan fingerprint density at radius 1 is 1.16 bits per heavy atom. The smallest absolute Gasteiger partial charge is 0.256 e. The van der Waals surface area contributed by atoms with Crippen molar-refractivity contribution in [3.05, 3.63) is 83.6 Å². The largest absolute Gasteiger partial charge is 0.338 e. The number of carbonyl (C=O) groups is 1. The van der Waals surface area contributed by atoms with E-state index in [1.54, 1.807) is 48.6 Å². The summed E-state index contributed by atoms with van der Waals surface area (Å²) in [7, 11) is 0. The van der Waals surface area contributed by atoms with Gasteiger partial charge in [-0.2, -0.15) is 5.26 Å². The third kappa shape index (κ3) is 4.31. The Hall–Kier alpha value is -3.59. The fourth-order valence-electron chi connectivity index (χ4n) is 4.16. The van der Waals surface area contributed by atoms with Crippen molar-refractivity contribution in [3.63, 3.8) is 0 Å². The van der Waals surface area contributed by atoms with Gasteiger partial charge >= 0.3 is 0 Å². The van der Waals surface area contributed by atoms with Gasteiger partial charge in [-0.1, -0.05) is 12.1 Å². The Bertz CT molecular complexity index is 1130. The predicted molar refractivity (Wildman–Crippen MR) is 115 cm³/mol. The Morgan fingerprint density at radius 3 is 2.58 bits per heavy atom. The number of hydrogen-bond acceptors (Lipinski definition) is 4. The van der Waals surface area contributed by atoms with Crippen LogP contribution in [0.15, 0.2) is 61.1 Å². The molecule has 0 atom stereocenters. The maximum Gasteiger partial charge on any atom is 0.256 e. The van der Waals surface area contributed by atoms with Crippen LogP contribution in [-0.4, -0.2) is 33.9 Å². The minimum absolute atomic E-state index is 0.0796. The van der Waals surface area contributed by atoms with Crippen LogP contribution in [0.5, 0.6) is 0 Å². The van der Waals surface area contributed by atoms with E-state index in [9.17, 15) is 14.4 Å². The van der Waals surface area contributed by atoms with Crippen molar-refractivity contribution in [2.24, 2.45) is 5.41 Å². The van der Waals surface area contributed by atoms with E-state index in [2.05, 4.69) is 16.0 Å². The molecule has 3 heterocycles. The Balaban J connectivity index is 1.50. The van der Waals surface area contributed by atoms with Gasteiger partial charge in [0.25, 0.3) is 5.91 Å². The Morgan fingerprint density at radius 2 is 1.90 bits per heavy atom. The van der Waals surface area contributed by atoms with Gasteiger partial charge in [0.15, 0.2) is 0 Å². The lowest BCUT2D eigenvalue weighted by Gasteiger charge is -2.37. The lowest BCUT2D eigenvalue weighted by molar-refractivity contribution is 0.0647. The third-order valence-electron chi connectivity index (χ3n) is 6.00. The van der Waals surface area contributed by atoms with E-state index < -0.39 is 5.41 Å². The number of piperidine rings is 1. The second-order valence-corrected chi connectivity index (χ2v) is 8.08. The normalized spacial score (nSPS) is 15.3. The number of benzene rings is 1. The van der Waals surface area contributed by atoms with Crippen LogP contribution in [-0.2, 0) is 6.42 Å². The summed E-state index contributed by atoms with van der Waals surface area (Å²) in [5, 5.41) is 9.92. The zero-order valence-corrected chi connectivity index (χ0v) is 17.4. The number of rotatable bonds is 4. The number of nitrogens with zero attached hydrogens (tertiary/aromatic N) is 4. The summed E-state index contributed by atoms with van der Waals surface area (Å²) in [6.45, 7) is 2.72. The molecule has 1 aromatic carbocycles. The highest BCUT2D eigenvalue weighted by atomic mass is 19.1. The van der Waals surface area contributed by atoms with Crippen LogP contribution in [0, 0.1) is 29.5 Å². The van der Waals surface area contributed by atoms with E-state index >= 15 is 0 Å². The number of nitriles is 1. The fourth-order valence-corrected chi connectivity index (χ4v) is 4.16. The molecule has 0 saturated carbocycles. The molecular formula is C25H23FN4O. The van der Waals surface area contributed by atoms with Gasteiger partial charge in [0.1, 0.15) is 5.82 Å². The molecule has 0 N–H and O–H groups in total. The van der Waals surface area contributed by atoms with Crippen molar-refractivity contribution in [2.45, 2.75) is 26.2 Å². The first-order valence-corrected chi connectivity index (χ1v) is 10.3. The number of halogens is 1. The summed E-state index contributed by atoms with van der Waals surface area (Å²) in [6.07, 6.45) is 6.75. The molecule has 6 heteroatoms. The molecule has 3 aromatic rings. The van der Waals surface area contributed by atoms with Crippen LogP contribution in [0.1, 0.15) is 34.3 Å². The average Bonchev–Trinajstić information content (AvgIpc) is 2.82. The van der Waals surface area contributed by atoms with Crippen molar-refractivity contribution in [1.29, 1.82) is 5.26 Å². The summed E-state index contributed by atoms with van der Waals surface area (Å²) in [4.78, 5) is 23.5. The number of likely N-dealkylation sites (tertiary alicyclic amines) is 1. The van der Waals surface area contributed by atoms with Gasteiger partial charge in [0.2, 0.25) is 0 Å². The monoisotopic (exact) mass is 414 g/mol. The van der Waals surface area contributed by atoms with Gasteiger partial charge in [0, 0.05) is 37.2 Å². The maximum atomic E-state index is 13.6. The van der Waals surface area contributed by atoms with Crippen LogP contribution >= 0.6 is 0 Å². The maximum absolute atomic E-state index is 13.6. The second-order valence-electron chi connectivity index (χ2n) is 8.08. The summed E-state index contributed by atoms with van der Waals surface area (Å²) in [6, 6.07) is 14.7. The van der Waals surface area contributed by atoms with Gasteiger partial charge in [-0.05, 0) is 67.6 Å². The van der Waals surface area contributed by atoms with Gasteiger partial charge in [-0.15, -0.1) is 0 Å². The number of amides is 1.